The molecule has 4 aromatic rings. The Morgan fingerprint density at radius 2 is 1.91 bits per heavy atom. The van der Waals surface area contributed by atoms with Crippen molar-refractivity contribution in [1.82, 2.24) is 40.2 Å². The summed E-state index contributed by atoms with van der Waals surface area (Å²) >= 11 is 0. The number of H-pyrrole nitrogens is 1. The Kier molecular flexibility index (Phi) is 8.36. The van der Waals surface area contributed by atoms with E-state index in [1.807, 2.05) is 12.1 Å². The van der Waals surface area contributed by atoms with Crippen molar-refractivity contribution in [2.24, 2.45) is 0 Å². The maximum atomic E-state index is 15.1. The van der Waals surface area contributed by atoms with Crippen molar-refractivity contribution >= 4 is 23.2 Å². The highest BCUT2D eigenvalue weighted by molar-refractivity contribution is 5.92. The lowest BCUT2D eigenvalue weighted by Crippen LogP contribution is -2.56. The van der Waals surface area contributed by atoms with Crippen LogP contribution >= 0.6 is 0 Å². The average Bonchev–Trinajstić information content (AvgIpc) is 3.61. The van der Waals surface area contributed by atoms with Gasteiger partial charge in [0.2, 0.25) is 5.95 Å². The number of hydrogen-bond donors (Lipinski definition) is 2. The number of piperidine rings is 1. The van der Waals surface area contributed by atoms with Crippen LogP contribution in [0.2, 0.25) is 0 Å². The summed E-state index contributed by atoms with van der Waals surface area (Å²) in [6.45, 7) is 5.87. The van der Waals surface area contributed by atoms with Crippen molar-refractivity contribution in [2.75, 3.05) is 62.7 Å². The van der Waals surface area contributed by atoms with Crippen LogP contribution in [0.1, 0.15) is 22.5 Å². The van der Waals surface area contributed by atoms with Gasteiger partial charge in [-0.25, -0.2) is 14.4 Å². The lowest BCUT2D eigenvalue weighted by Gasteiger charge is -2.43. The first kappa shape index (κ1) is 29.5. The molecule has 2 N–H and O–H groups in total. The average molecular weight is 626 g/mol. The summed E-state index contributed by atoms with van der Waals surface area (Å²) in [6, 6.07) is 15.8. The minimum Gasteiger partial charge on any atom is -0.486 e. The SMILES string of the molecule is N#Cc1cc(-c2ncnc(Nc3ccc(N4CCN(C5COC5)CC4)cc3)n2)ccc1O[C@H]1CCN(C(=O)c2cnn[nH]2)C[C@@H]1F. The van der Waals surface area contributed by atoms with E-state index in [1.165, 1.54) is 23.1 Å². The zero-order valence-corrected chi connectivity index (χ0v) is 24.9. The highest BCUT2D eigenvalue weighted by atomic mass is 19.1. The molecule has 236 valence electrons. The molecule has 46 heavy (non-hydrogen) atoms. The quantitative estimate of drug-likeness (QED) is 0.295. The maximum Gasteiger partial charge on any atom is 0.273 e. The van der Waals surface area contributed by atoms with E-state index in [4.69, 9.17) is 9.47 Å². The van der Waals surface area contributed by atoms with Gasteiger partial charge in [-0.2, -0.15) is 10.2 Å². The number of aromatic amines is 1. The zero-order valence-electron chi connectivity index (χ0n) is 24.9. The zero-order chi connectivity index (χ0) is 31.5. The van der Waals surface area contributed by atoms with Gasteiger partial charge in [0.15, 0.2) is 12.0 Å². The third-order valence-corrected chi connectivity index (χ3v) is 8.56. The second-order valence-corrected chi connectivity index (χ2v) is 11.4. The van der Waals surface area contributed by atoms with Gasteiger partial charge in [0.1, 0.15) is 29.9 Å². The number of carbonyl (C=O) groups excluding carboxylic acids is 1. The summed E-state index contributed by atoms with van der Waals surface area (Å²) in [4.78, 5) is 31.9. The van der Waals surface area contributed by atoms with Crippen LogP contribution in [0.3, 0.4) is 0 Å². The second kappa shape index (κ2) is 13.0. The molecule has 7 rings (SSSR count). The van der Waals surface area contributed by atoms with E-state index in [0.717, 1.165) is 45.1 Å². The van der Waals surface area contributed by atoms with E-state index in [2.05, 4.69) is 63.7 Å². The lowest BCUT2D eigenvalue weighted by atomic mass is 10.0. The van der Waals surface area contributed by atoms with E-state index in [9.17, 15) is 10.1 Å². The Labute approximate surface area is 264 Å². The van der Waals surface area contributed by atoms with Crippen LogP contribution in [0.15, 0.2) is 55.0 Å². The van der Waals surface area contributed by atoms with Gasteiger partial charge in [0, 0.05) is 56.1 Å². The Bertz CT molecular complexity index is 1700. The highest BCUT2D eigenvalue weighted by Gasteiger charge is 2.34. The molecule has 0 spiro atoms. The van der Waals surface area contributed by atoms with Gasteiger partial charge in [-0.3, -0.25) is 14.8 Å². The molecule has 15 heteroatoms. The molecule has 0 radical (unpaired) electrons. The third-order valence-electron chi connectivity index (χ3n) is 8.56. The number of ether oxygens (including phenoxy) is 2. The predicted molar refractivity (Wildman–Crippen MR) is 164 cm³/mol. The topological polar surface area (TPSA) is 161 Å². The Hall–Kier alpha value is -5.20. The van der Waals surface area contributed by atoms with Crippen LogP contribution in [0.25, 0.3) is 11.4 Å². The normalized spacial score (nSPS) is 20.5. The van der Waals surface area contributed by atoms with Gasteiger partial charge >= 0.3 is 0 Å². The summed E-state index contributed by atoms with van der Waals surface area (Å²) in [5, 5.41) is 22.7. The largest absolute Gasteiger partial charge is 0.486 e. The fourth-order valence-electron chi connectivity index (χ4n) is 5.85. The van der Waals surface area contributed by atoms with Gasteiger partial charge < -0.3 is 24.6 Å². The maximum absolute atomic E-state index is 15.1. The molecule has 1 amide bonds. The highest BCUT2D eigenvalue weighted by Crippen LogP contribution is 2.29. The molecule has 3 aliphatic heterocycles. The standard InChI is InChI=1S/C31H32FN11O3/c32-25-16-43(30(44)26-15-36-40-39-26)8-7-28(25)46-27-6-1-20(13-21(27)14-33)29-34-19-35-31(38-29)37-22-2-4-23(5-3-22)41-9-11-42(12-10-41)24-17-45-18-24/h1-6,13,15,19,24-25,28H,7-12,16-18H2,(H,36,39,40)(H,34,35,37,38)/t25-,28-/m0/s1. The smallest absolute Gasteiger partial charge is 0.273 e. The first-order valence-electron chi connectivity index (χ1n) is 15.2. The Morgan fingerprint density at radius 3 is 2.61 bits per heavy atom. The van der Waals surface area contributed by atoms with E-state index in [1.54, 1.807) is 18.2 Å². The number of nitrogens with one attached hydrogen (secondary N) is 2. The number of anilines is 3. The van der Waals surface area contributed by atoms with Crippen molar-refractivity contribution in [3.8, 4) is 23.2 Å². The molecule has 2 aromatic carbocycles. The molecule has 3 saturated heterocycles. The van der Waals surface area contributed by atoms with Gasteiger partial charge in [0.05, 0.1) is 37.6 Å². The predicted octanol–water partition coefficient (Wildman–Crippen LogP) is 2.42. The number of hydrogen-bond acceptors (Lipinski definition) is 12. The number of piperazine rings is 1. The molecule has 0 bridgehead atoms. The fraction of sp³-hybridized carbons (Fsp3) is 0.387. The molecular formula is C31H32FN11O3. The first-order valence-corrected chi connectivity index (χ1v) is 15.2. The molecule has 3 aliphatic rings. The molecular weight excluding hydrogens is 593 g/mol. The van der Waals surface area contributed by atoms with Crippen molar-refractivity contribution < 1.29 is 18.7 Å². The van der Waals surface area contributed by atoms with Crippen LogP contribution in [0, 0.1) is 11.3 Å². The van der Waals surface area contributed by atoms with Crippen LogP contribution in [-0.2, 0) is 4.74 Å². The van der Waals surface area contributed by atoms with E-state index in [-0.39, 0.29) is 35.9 Å². The summed E-state index contributed by atoms with van der Waals surface area (Å²) in [6.07, 6.45) is 0.719. The van der Waals surface area contributed by atoms with Gasteiger partial charge in [-0.1, -0.05) is 5.21 Å². The molecule has 0 aliphatic carbocycles. The van der Waals surface area contributed by atoms with Crippen molar-refractivity contribution in [2.45, 2.75) is 24.7 Å². The summed E-state index contributed by atoms with van der Waals surface area (Å²) in [7, 11) is 0. The minimum atomic E-state index is -1.44. The lowest BCUT2D eigenvalue weighted by molar-refractivity contribution is -0.0660. The number of nitrogens with zero attached hydrogens (tertiary/aromatic N) is 9. The molecule has 0 unspecified atom stereocenters. The number of rotatable bonds is 8. The summed E-state index contributed by atoms with van der Waals surface area (Å²) < 4.78 is 26.3. The van der Waals surface area contributed by atoms with E-state index < -0.39 is 12.3 Å². The molecule has 3 fully saturated rings. The van der Waals surface area contributed by atoms with Gasteiger partial charge in [0.25, 0.3) is 5.91 Å². The second-order valence-electron chi connectivity index (χ2n) is 11.4. The van der Waals surface area contributed by atoms with Crippen LogP contribution in [-0.4, -0.2) is 117 Å². The van der Waals surface area contributed by atoms with Crippen molar-refractivity contribution in [1.29, 1.82) is 5.26 Å². The number of aromatic nitrogens is 6. The number of halogens is 1. The number of likely N-dealkylation sites (tertiary alicyclic amines) is 1. The van der Waals surface area contributed by atoms with Crippen molar-refractivity contribution in [3.05, 3.63) is 66.2 Å². The van der Waals surface area contributed by atoms with Crippen molar-refractivity contribution in [3.63, 3.8) is 0 Å². The first-order chi connectivity index (χ1) is 22.5. The molecule has 2 atom stereocenters. The number of amides is 1. The number of benzene rings is 2. The molecule has 2 aromatic heterocycles. The molecule has 0 saturated carbocycles. The van der Waals surface area contributed by atoms with Crippen LogP contribution in [0.4, 0.5) is 21.7 Å². The summed E-state index contributed by atoms with van der Waals surface area (Å²) in [5.41, 5.74) is 3.01. The summed E-state index contributed by atoms with van der Waals surface area (Å²) in [5.74, 6) is 0.610. The Balaban J connectivity index is 0.968. The monoisotopic (exact) mass is 625 g/mol. The molecule has 14 nitrogen and oxygen atoms in total. The van der Waals surface area contributed by atoms with Gasteiger partial charge in [-0.05, 0) is 42.5 Å². The minimum absolute atomic E-state index is 0.139. The number of alkyl halides is 1. The third kappa shape index (κ3) is 6.30. The van der Waals surface area contributed by atoms with Crippen LogP contribution < -0.4 is 15.0 Å². The Morgan fingerprint density at radius 1 is 1.09 bits per heavy atom. The number of nitriles is 1. The van der Waals surface area contributed by atoms with E-state index in [0.29, 0.717) is 29.9 Å². The number of carbonyl (C=O) groups is 1. The fourth-order valence-corrected chi connectivity index (χ4v) is 5.85. The van der Waals surface area contributed by atoms with E-state index >= 15 is 4.39 Å². The van der Waals surface area contributed by atoms with Gasteiger partial charge in [-0.15, -0.1) is 5.10 Å². The van der Waals surface area contributed by atoms with Crippen LogP contribution in [0.5, 0.6) is 5.75 Å². The molecule has 5 heterocycles.